The van der Waals surface area contributed by atoms with E-state index in [1.165, 1.54) is 15.9 Å². The summed E-state index contributed by atoms with van der Waals surface area (Å²) in [6.07, 6.45) is 1.86. The van der Waals surface area contributed by atoms with E-state index < -0.39 is 5.91 Å². The largest absolute Gasteiger partial charge is 0.364 e. The molecule has 0 bridgehead atoms. The number of nitrogens with zero attached hydrogens (tertiary/aromatic N) is 3. The van der Waals surface area contributed by atoms with Crippen molar-refractivity contribution in [3.63, 3.8) is 0 Å². The van der Waals surface area contributed by atoms with E-state index in [1.54, 1.807) is 0 Å². The summed E-state index contributed by atoms with van der Waals surface area (Å²) in [6.45, 7) is 4.07. The average Bonchev–Trinajstić information content (AvgIpc) is 3.12. The second-order valence-corrected chi connectivity index (χ2v) is 6.33. The number of thiophene rings is 1. The lowest BCUT2D eigenvalue weighted by Gasteiger charge is -2.10. The van der Waals surface area contributed by atoms with Gasteiger partial charge in [-0.2, -0.15) is 0 Å². The number of imidazole rings is 1. The molecule has 0 unspecified atom stereocenters. The Hall–Kier alpha value is -2.48. The van der Waals surface area contributed by atoms with Gasteiger partial charge in [0.2, 0.25) is 0 Å². The van der Waals surface area contributed by atoms with Gasteiger partial charge in [0, 0.05) is 5.92 Å². The second-order valence-electron chi connectivity index (χ2n) is 5.40. The molecule has 0 fully saturated rings. The number of aromatic nitrogens is 4. The zero-order valence-electron chi connectivity index (χ0n) is 12.9. The third-order valence-electron chi connectivity index (χ3n) is 3.68. The quantitative estimate of drug-likeness (QED) is 0.747. The van der Waals surface area contributed by atoms with E-state index in [0.717, 1.165) is 17.8 Å². The Morgan fingerprint density at radius 1 is 1.48 bits per heavy atom. The minimum Gasteiger partial charge on any atom is -0.364 e. The fraction of sp³-hybridized carbons (Fsp3) is 0.333. The number of nitrogens with two attached hydrogens (primary N) is 1. The third-order valence-corrected chi connectivity index (χ3v) is 4.53. The summed E-state index contributed by atoms with van der Waals surface area (Å²) < 4.78 is 1.45. The maximum Gasteiger partial charge on any atom is 0.333 e. The molecule has 1 atom stereocenters. The number of rotatable bonds is 5. The molecule has 0 saturated heterocycles. The molecule has 0 spiro atoms. The van der Waals surface area contributed by atoms with Crippen LogP contribution in [0.4, 0.5) is 0 Å². The third kappa shape index (κ3) is 2.65. The fourth-order valence-corrected chi connectivity index (χ4v) is 3.29. The number of hydrogen-bond acceptors (Lipinski definition) is 5. The van der Waals surface area contributed by atoms with Crippen LogP contribution in [0, 0.1) is 0 Å². The maximum atomic E-state index is 12.3. The first-order chi connectivity index (χ1) is 11.0. The van der Waals surface area contributed by atoms with Gasteiger partial charge in [-0.1, -0.05) is 20.3 Å². The van der Waals surface area contributed by atoms with Crippen molar-refractivity contribution in [3.8, 4) is 5.00 Å². The molecule has 1 amide bonds. The Morgan fingerprint density at radius 3 is 2.87 bits per heavy atom. The first-order valence-electron chi connectivity index (χ1n) is 7.39. The van der Waals surface area contributed by atoms with E-state index >= 15 is 0 Å². The van der Waals surface area contributed by atoms with Gasteiger partial charge in [0.15, 0.2) is 11.3 Å². The van der Waals surface area contributed by atoms with Crippen molar-refractivity contribution in [2.75, 3.05) is 0 Å². The number of carbonyl (C=O) groups excluding carboxylic acids is 1. The van der Waals surface area contributed by atoms with Gasteiger partial charge in [-0.25, -0.2) is 19.3 Å². The van der Waals surface area contributed by atoms with E-state index in [1.807, 2.05) is 24.4 Å². The molecule has 0 aliphatic heterocycles. The number of H-pyrrole nitrogens is 1. The van der Waals surface area contributed by atoms with Gasteiger partial charge >= 0.3 is 5.69 Å². The summed E-state index contributed by atoms with van der Waals surface area (Å²) in [7, 11) is 0. The van der Waals surface area contributed by atoms with Gasteiger partial charge in [0.25, 0.3) is 5.91 Å². The summed E-state index contributed by atoms with van der Waals surface area (Å²) >= 11 is 1.41. The molecular formula is C15H17N5O2S. The fourth-order valence-electron chi connectivity index (χ4n) is 2.56. The minimum absolute atomic E-state index is 0.0559. The van der Waals surface area contributed by atoms with Crippen LogP contribution in [0.2, 0.25) is 0 Å². The summed E-state index contributed by atoms with van der Waals surface area (Å²) in [4.78, 5) is 35.5. The van der Waals surface area contributed by atoms with Crippen LogP contribution in [0.15, 0.2) is 22.3 Å². The molecule has 3 N–H and O–H groups in total. The van der Waals surface area contributed by atoms with Crippen molar-refractivity contribution in [1.29, 1.82) is 0 Å². The van der Waals surface area contributed by atoms with Crippen molar-refractivity contribution < 1.29 is 4.79 Å². The molecule has 0 aliphatic rings. The normalized spacial score (nSPS) is 12.6. The van der Waals surface area contributed by atoms with Gasteiger partial charge in [-0.05, 0) is 23.9 Å². The molecule has 23 heavy (non-hydrogen) atoms. The number of primary amides is 1. The van der Waals surface area contributed by atoms with Gasteiger partial charge in [-0.3, -0.25) is 4.79 Å². The van der Waals surface area contributed by atoms with E-state index in [-0.39, 0.29) is 22.8 Å². The first-order valence-corrected chi connectivity index (χ1v) is 8.27. The first kappa shape index (κ1) is 15.4. The molecule has 7 nitrogen and oxygen atoms in total. The maximum absolute atomic E-state index is 12.3. The minimum atomic E-state index is -0.679. The van der Waals surface area contributed by atoms with Crippen molar-refractivity contribution >= 4 is 28.4 Å². The van der Waals surface area contributed by atoms with Crippen LogP contribution < -0.4 is 11.4 Å². The lowest BCUT2D eigenvalue weighted by atomic mass is 10.1. The average molecular weight is 331 g/mol. The molecule has 0 saturated carbocycles. The summed E-state index contributed by atoms with van der Waals surface area (Å²) in [5.41, 5.74) is 5.81. The molecule has 3 aromatic heterocycles. The zero-order chi connectivity index (χ0) is 16.6. The van der Waals surface area contributed by atoms with E-state index in [4.69, 9.17) is 5.73 Å². The zero-order valence-corrected chi connectivity index (χ0v) is 13.7. The predicted octanol–water partition coefficient (Wildman–Crippen LogP) is 2.17. The van der Waals surface area contributed by atoms with Crippen LogP contribution in [-0.2, 0) is 0 Å². The molecule has 8 heteroatoms. The van der Waals surface area contributed by atoms with Crippen LogP contribution in [0.25, 0.3) is 16.2 Å². The van der Waals surface area contributed by atoms with Gasteiger partial charge < -0.3 is 10.7 Å². The SMILES string of the molecule is CCC[C@H](C)c1nc(C(N)=O)c2[nH]c(=O)n(-c3cccs3)c2n1. The Labute approximate surface area is 136 Å². The smallest absolute Gasteiger partial charge is 0.333 e. The summed E-state index contributed by atoms with van der Waals surface area (Å²) in [5, 5.41) is 2.60. The Balaban J connectivity index is 2.32. The van der Waals surface area contributed by atoms with E-state index in [9.17, 15) is 9.59 Å². The lowest BCUT2D eigenvalue weighted by molar-refractivity contribution is 0.0996. The lowest BCUT2D eigenvalue weighted by Crippen LogP contribution is -2.17. The van der Waals surface area contributed by atoms with E-state index in [2.05, 4.69) is 21.9 Å². The molecule has 3 aromatic rings. The van der Waals surface area contributed by atoms with E-state index in [0.29, 0.717) is 11.5 Å². The number of aromatic amines is 1. The molecule has 3 heterocycles. The number of nitrogens with one attached hydrogen (secondary N) is 1. The van der Waals surface area contributed by atoms with Crippen molar-refractivity contribution in [1.82, 2.24) is 19.5 Å². The molecular weight excluding hydrogens is 314 g/mol. The molecule has 120 valence electrons. The topological polar surface area (TPSA) is 107 Å². The van der Waals surface area contributed by atoms with Crippen LogP contribution >= 0.6 is 11.3 Å². The summed E-state index contributed by atoms with van der Waals surface area (Å²) in [6, 6.07) is 3.67. The number of carbonyl (C=O) groups is 1. The molecule has 3 rings (SSSR count). The van der Waals surface area contributed by atoms with Crippen LogP contribution in [0.1, 0.15) is 48.9 Å². The standard InChI is InChI=1S/C15H17N5O2S/c1-3-5-8(2)13-17-10(12(16)21)11-14(19-13)20(15(22)18-11)9-6-4-7-23-9/h4,6-8H,3,5H2,1-2H3,(H2,16,21)(H,18,22)/t8-/m0/s1. The van der Waals surface area contributed by atoms with Crippen LogP contribution in [0.5, 0.6) is 0 Å². The predicted molar refractivity (Wildman–Crippen MR) is 89.2 cm³/mol. The highest BCUT2D eigenvalue weighted by Crippen LogP contribution is 2.23. The van der Waals surface area contributed by atoms with Crippen molar-refractivity contribution in [2.45, 2.75) is 32.6 Å². The van der Waals surface area contributed by atoms with Gasteiger partial charge in [0.1, 0.15) is 16.3 Å². The molecule has 0 radical (unpaired) electrons. The summed E-state index contributed by atoms with van der Waals surface area (Å²) in [5.74, 6) is -0.0799. The number of amides is 1. The monoisotopic (exact) mass is 331 g/mol. The van der Waals surface area contributed by atoms with Gasteiger partial charge in [-0.15, -0.1) is 11.3 Å². The highest BCUT2D eigenvalue weighted by atomic mass is 32.1. The molecule has 0 aromatic carbocycles. The Bertz CT molecular complexity index is 910. The Kier molecular flexibility index (Phi) is 3.99. The highest BCUT2D eigenvalue weighted by Gasteiger charge is 2.21. The van der Waals surface area contributed by atoms with Gasteiger partial charge in [0.05, 0.1) is 0 Å². The number of hydrogen-bond donors (Lipinski definition) is 2. The van der Waals surface area contributed by atoms with Crippen LogP contribution in [0.3, 0.4) is 0 Å². The highest BCUT2D eigenvalue weighted by molar-refractivity contribution is 7.12. The van der Waals surface area contributed by atoms with Crippen LogP contribution in [-0.4, -0.2) is 25.4 Å². The second kappa shape index (κ2) is 5.96. The van der Waals surface area contributed by atoms with Crippen molar-refractivity contribution in [3.05, 3.63) is 39.5 Å². The number of fused-ring (bicyclic) bond motifs is 1. The molecule has 0 aliphatic carbocycles. The Morgan fingerprint density at radius 2 is 2.26 bits per heavy atom. The van der Waals surface area contributed by atoms with Crippen molar-refractivity contribution in [2.24, 2.45) is 5.73 Å².